The number of nitrogens with zero attached hydrogens (tertiary/aromatic N) is 3. The zero-order valence-corrected chi connectivity index (χ0v) is 41.5. The fraction of sp³-hybridized carbons (Fsp3) is 0.364. The van der Waals surface area contributed by atoms with Gasteiger partial charge in [-0.25, -0.2) is 4.79 Å². The van der Waals surface area contributed by atoms with Gasteiger partial charge >= 0.3 is 18.1 Å². The molecule has 0 aliphatic carbocycles. The van der Waals surface area contributed by atoms with Gasteiger partial charge in [-0.1, -0.05) is 79.0 Å². The van der Waals surface area contributed by atoms with Gasteiger partial charge in [0.25, 0.3) is 11.6 Å². The summed E-state index contributed by atoms with van der Waals surface area (Å²) >= 11 is 22.7. The van der Waals surface area contributed by atoms with E-state index in [9.17, 15) is 47.0 Å². The maximum absolute atomic E-state index is 12.6. The highest BCUT2D eigenvalue weighted by molar-refractivity contribution is 7.57. The summed E-state index contributed by atoms with van der Waals surface area (Å²) in [6, 6.07) is 17.6. The number of anilines is 2. The maximum atomic E-state index is 12.6. The lowest BCUT2D eigenvalue weighted by atomic mass is 10.0. The highest BCUT2D eigenvalue weighted by Crippen LogP contribution is 2.38. The van der Waals surface area contributed by atoms with Crippen LogP contribution in [0.5, 0.6) is 17.2 Å². The Balaban J connectivity index is 0.000000327. The number of aryl methyl sites for hydroxylation is 2. The molecule has 3 unspecified atom stereocenters. The lowest BCUT2D eigenvalue weighted by Gasteiger charge is -2.35. The summed E-state index contributed by atoms with van der Waals surface area (Å²) < 4.78 is 64.2. The number of carbonyl (C=O) groups excluding carboxylic acids is 2. The second-order valence-electron chi connectivity index (χ2n) is 14.6. The average molecular weight is 1070 g/mol. The van der Waals surface area contributed by atoms with E-state index < -0.39 is 58.1 Å². The summed E-state index contributed by atoms with van der Waals surface area (Å²) in [4.78, 5) is 65.8. The Kier molecular flexibility index (Phi) is 24.2. The summed E-state index contributed by atoms with van der Waals surface area (Å²) in [5.41, 5.74) is 6.81. The molecule has 1 heterocycles. The molecule has 0 fully saturated rings. The number of nitro groups is 1. The molecule has 1 aliphatic rings. The molecule has 0 saturated carbocycles. The molecule has 378 valence electrons. The number of amides is 2. The van der Waals surface area contributed by atoms with Crippen LogP contribution >= 0.6 is 53.8 Å². The molecule has 1 aliphatic heterocycles. The quantitative estimate of drug-likeness (QED) is 0.0284. The largest absolute Gasteiger partial charge is 0.489 e. The van der Waals surface area contributed by atoms with Gasteiger partial charge in [0.2, 0.25) is 5.91 Å². The number of nitro benzene ring substituents is 1. The van der Waals surface area contributed by atoms with Crippen LogP contribution in [0.15, 0.2) is 78.9 Å². The lowest BCUT2D eigenvalue weighted by Crippen LogP contribution is -2.47. The van der Waals surface area contributed by atoms with Gasteiger partial charge in [-0.15, -0.1) is 11.6 Å². The van der Waals surface area contributed by atoms with Crippen molar-refractivity contribution in [2.24, 2.45) is 5.73 Å². The molecule has 0 bridgehead atoms. The van der Waals surface area contributed by atoms with Crippen molar-refractivity contribution in [3.05, 3.63) is 116 Å². The van der Waals surface area contributed by atoms with E-state index in [2.05, 4.69) is 13.8 Å². The first-order valence-electron chi connectivity index (χ1n) is 20.4. The van der Waals surface area contributed by atoms with Crippen LogP contribution in [0.4, 0.5) is 30.2 Å². The Hall–Kier alpha value is -5.18. The summed E-state index contributed by atoms with van der Waals surface area (Å²) in [6.07, 6.45) is -2.83. The van der Waals surface area contributed by atoms with Crippen molar-refractivity contribution in [2.75, 3.05) is 49.0 Å². The number of aromatic carboxylic acids is 1. The lowest BCUT2D eigenvalue weighted by molar-refractivity contribution is -0.385. The molecule has 0 spiro atoms. The SMILES string of the molecule is CC1COc2ccccc2N1C(=O)C(Cl)Cl.CCc1cccc(CC)c1N(COC)C(=O)CCl.CP(=O)(O)CCC(N)C(=O)O.O=C(O)c1cc(Oc2ccc(C(F)(F)F)cc2Cl)ccc1[N+](=O)[O-]. The molecule has 5 N–H and O–H groups in total. The minimum atomic E-state index is -4.58. The molecule has 69 heavy (non-hydrogen) atoms. The van der Waals surface area contributed by atoms with E-state index in [1.54, 1.807) is 16.9 Å². The van der Waals surface area contributed by atoms with Crippen LogP contribution in [0.2, 0.25) is 5.02 Å². The van der Waals surface area contributed by atoms with Crippen molar-refractivity contribution < 1.29 is 71.2 Å². The minimum absolute atomic E-state index is 0.0371. The van der Waals surface area contributed by atoms with Crippen molar-refractivity contribution in [1.82, 2.24) is 0 Å². The van der Waals surface area contributed by atoms with E-state index in [0.29, 0.717) is 18.4 Å². The summed E-state index contributed by atoms with van der Waals surface area (Å²) in [7, 11) is -1.52. The van der Waals surface area contributed by atoms with Crippen molar-refractivity contribution in [2.45, 2.75) is 63.1 Å². The first-order valence-corrected chi connectivity index (χ1v) is 24.4. The van der Waals surface area contributed by atoms with Gasteiger partial charge in [-0.3, -0.25) is 34.0 Å². The molecule has 0 radical (unpaired) electrons. The van der Waals surface area contributed by atoms with Crippen molar-refractivity contribution >= 4 is 94.6 Å². The Labute approximate surface area is 415 Å². The van der Waals surface area contributed by atoms with Gasteiger partial charge < -0.3 is 40.0 Å². The number of benzene rings is 4. The normalized spacial score (nSPS) is 14.1. The van der Waals surface area contributed by atoms with Crippen molar-refractivity contribution in [3.8, 4) is 17.2 Å². The smallest absolute Gasteiger partial charge is 0.416 e. The van der Waals surface area contributed by atoms with Crippen molar-refractivity contribution in [1.29, 1.82) is 0 Å². The molecule has 0 aromatic heterocycles. The summed E-state index contributed by atoms with van der Waals surface area (Å²) in [6.45, 7) is 7.91. The molecule has 4 aromatic rings. The maximum Gasteiger partial charge on any atom is 0.416 e. The molecule has 25 heteroatoms. The highest BCUT2D eigenvalue weighted by atomic mass is 35.5. The number of carboxylic acid groups (broad SMARTS) is 2. The van der Waals surface area contributed by atoms with Crippen molar-refractivity contribution in [3.63, 3.8) is 0 Å². The number of methoxy groups -OCH3 is 1. The Morgan fingerprint density at radius 3 is 2.10 bits per heavy atom. The number of rotatable bonds is 15. The first-order chi connectivity index (χ1) is 32.2. The molecule has 3 atom stereocenters. The summed E-state index contributed by atoms with van der Waals surface area (Å²) in [5.74, 6) is -2.77. The van der Waals surface area contributed by atoms with Crippen LogP contribution in [0.1, 0.15) is 54.2 Å². The Bertz CT molecular complexity index is 2440. The molecular formula is C44H50Cl4F3N4O13P. The first kappa shape index (κ1) is 59.9. The van der Waals surface area contributed by atoms with Gasteiger partial charge in [0.05, 0.1) is 32.9 Å². The van der Waals surface area contributed by atoms with Crippen LogP contribution in [-0.4, -0.2) is 99.9 Å². The second-order valence-corrected chi connectivity index (χ2v) is 19.0. The monoisotopic (exact) mass is 1070 g/mol. The number of alkyl halides is 6. The zero-order valence-electron chi connectivity index (χ0n) is 37.6. The van der Waals surface area contributed by atoms with Crippen LogP contribution in [0.3, 0.4) is 0 Å². The van der Waals surface area contributed by atoms with Crippen LogP contribution in [0, 0.1) is 10.1 Å². The van der Waals surface area contributed by atoms with E-state index in [1.165, 1.54) is 6.66 Å². The van der Waals surface area contributed by atoms with Crippen LogP contribution in [0.25, 0.3) is 0 Å². The topological polar surface area (TPSA) is 249 Å². The number of para-hydroxylation sites is 3. The third-order valence-corrected chi connectivity index (χ3v) is 11.4. The summed E-state index contributed by atoms with van der Waals surface area (Å²) in [5, 5.41) is 27.7. The predicted octanol–water partition coefficient (Wildman–Crippen LogP) is 10.0. The van der Waals surface area contributed by atoms with E-state index in [4.69, 9.17) is 81.5 Å². The number of hydrogen-bond acceptors (Lipinski definition) is 11. The molecule has 4 aromatic carbocycles. The number of ether oxygens (including phenoxy) is 3. The predicted molar refractivity (Wildman–Crippen MR) is 257 cm³/mol. The van der Waals surface area contributed by atoms with Crippen LogP contribution in [-0.2, 0) is 42.7 Å². The number of hydrogen-bond donors (Lipinski definition) is 4. The van der Waals surface area contributed by atoms with Crippen LogP contribution < -0.4 is 25.0 Å². The molecule has 0 saturated heterocycles. The highest BCUT2D eigenvalue weighted by Gasteiger charge is 2.33. The fourth-order valence-corrected chi connectivity index (χ4v) is 7.40. The van der Waals surface area contributed by atoms with Gasteiger partial charge in [-0.2, -0.15) is 13.2 Å². The number of aliphatic carboxylic acids is 1. The van der Waals surface area contributed by atoms with E-state index in [-0.39, 0.29) is 59.6 Å². The third-order valence-electron chi connectivity index (χ3n) is 9.43. The van der Waals surface area contributed by atoms with Gasteiger partial charge in [-0.05, 0) is 73.7 Å². The number of nitrogens with two attached hydrogens (primary N) is 1. The molecule has 17 nitrogen and oxygen atoms in total. The third kappa shape index (κ3) is 18.6. The molecule has 2 amide bonds. The van der Waals surface area contributed by atoms with E-state index in [1.807, 2.05) is 49.4 Å². The number of fused-ring (bicyclic) bond motifs is 1. The van der Waals surface area contributed by atoms with Gasteiger partial charge in [0.1, 0.15) is 48.1 Å². The Morgan fingerprint density at radius 2 is 1.62 bits per heavy atom. The standard InChI is InChI=1S/C14H7ClF3NO5.C14H20ClNO2.C11H11Cl2NO2.C5H12NO4P/c15-10-5-7(14(16,17)18)1-4-12(10)24-8-2-3-11(19(22)23)9(6-8)13(20)21;1-4-11-7-6-8-12(5-2)14(11)16(10-18-3)13(17)9-15;1-7-6-16-9-5-3-2-4-8(9)14(7)11(15)10(12)13;1-11(9,10)3-2-4(6)5(7)8/h1-6H,(H,20,21);6-8H,4-5,9-10H2,1-3H3;2-5,7,10H,6H2,1H3;4H,2-3,6H2,1H3,(H,7,8)(H,9,10). The molecule has 5 rings (SSSR count). The molecular weight excluding hydrogens is 1020 g/mol. The zero-order chi connectivity index (χ0) is 52.4. The van der Waals surface area contributed by atoms with Gasteiger partial charge in [0.15, 0.2) is 12.2 Å². The minimum Gasteiger partial charge on any atom is -0.489 e. The fourth-order valence-electron chi connectivity index (χ4n) is 6.06. The number of carbonyl (C=O) groups is 4. The number of halogens is 7. The average Bonchev–Trinajstić information content (AvgIpc) is 3.29. The van der Waals surface area contributed by atoms with E-state index >= 15 is 0 Å². The Morgan fingerprint density at radius 1 is 1.01 bits per heavy atom. The van der Waals surface area contributed by atoms with Gasteiger partial charge in [0, 0.05) is 32.1 Å². The second kappa shape index (κ2) is 27.9. The van der Waals surface area contributed by atoms with E-state index in [0.717, 1.165) is 65.7 Å². The number of carboxylic acids is 2.